The molecule has 0 aliphatic carbocycles. The fraction of sp³-hybridized carbons (Fsp3) is 1.00. The molecule has 3 radical (unpaired) electrons. The molecule has 0 aliphatic rings. The van der Waals surface area contributed by atoms with Crippen LogP contribution in [0.15, 0.2) is 0 Å². The van der Waals surface area contributed by atoms with Gasteiger partial charge in [-0.05, 0) is 0 Å². The molecule has 0 aromatic heterocycles. The Hall–Kier alpha value is 1.57. The van der Waals surface area contributed by atoms with Gasteiger partial charge in [-0.2, -0.15) is 0 Å². The first-order valence-corrected chi connectivity index (χ1v) is 17.9. The second-order valence-electron chi connectivity index (χ2n) is 7.50. The molecule has 0 saturated carbocycles. The molecule has 0 aliphatic heterocycles. The van der Waals surface area contributed by atoms with Crippen molar-refractivity contribution in [3.05, 3.63) is 0 Å². The monoisotopic (exact) mass is 439 g/mol. The van der Waals surface area contributed by atoms with Crippen LogP contribution in [0.3, 0.4) is 0 Å². The molecule has 83 valence electrons. The zero-order valence-electron chi connectivity index (χ0n) is 11.5. The van der Waals surface area contributed by atoms with Gasteiger partial charge >= 0.3 is 111 Å². The van der Waals surface area contributed by atoms with Crippen LogP contribution in [0.1, 0.15) is 0 Å². The Balaban J connectivity index is 5.54. The van der Waals surface area contributed by atoms with E-state index in [0.29, 0.717) is 0 Å². The molecule has 0 fully saturated rings. The first-order chi connectivity index (χ1) is 5.75. The Labute approximate surface area is 110 Å². The summed E-state index contributed by atoms with van der Waals surface area (Å²) in [4.78, 5) is 0. The van der Waals surface area contributed by atoms with E-state index in [0.717, 1.165) is 1.84 Å². The van der Waals surface area contributed by atoms with Crippen molar-refractivity contribution in [2.75, 3.05) is 0 Å². The van der Waals surface area contributed by atoms with Crippen LogP contribution in [0.2, 0.25) is 60.8 Å². The normalized spacial score (nSPS) is 15.9. The Bertz CT molecular complexity index is 169. The molecular formula is C10H27PbSi3. The molecule has 0 bridgehead atoms. The molecule has 0 amide bonds. The summed E-state index contributed by atoms with van der Waals surface area (Å²) in [5.74, 6) is 0. The van der Waals surface area contributed by atoms with Crippen molar-refractivity contribution in [1.29, 1.82) is 0 Å². The average molecular weight is 439 g/mol. The predicted octanol–water partition coefficient (Wildman–Crippen LogP) is 3.95. The van der Waals surface area contributed by atoms with E-state index in [1.807, 2.05) is 0 Å². The zero-order chi connectivity index (χ0) is 12.0. The first-order valence-electron chi connectivity index (χ1n) is 5.50. The molecule has 14 heavy (non-hydrogen) atoms. The topological polar surface area (TPSA) is 0 Å². The second-order valence-corrected chi connectivity index (χ2v) is 33.5. The average Bonchev–Trinajstić information content (AvgIpc) is 1.77. The van der Waals surface area contributed by atoms with Crippen molar-refractivity contribution < 1.29 is 0 Å². The van der Waals surface area contributed by atoms with Crippen LogP contribution < -0.4 is 0 Å². The second kappa shape index (κ2) is 4.11. The van der Waals surface area contributed by atoms with Gasteiger partial charge in [-0.15, -0.1) is 0 Å². The Kier molecular flexibility index (Phi) is 4.57. The molecule has 0 aromatic carbocycles. The van der Waals surface area contributed by atoms with Crippen molar-refractivity contribution in [3.63, 3.8) is 0 Å². The molecule has 0 spiro atoms. The first kappa shape index (κ1) is 15.6. The van der Waals surface area contributed by atoms with Crippen LogP contribution in [0.4, 0.5) is 0 Å². The molecule has 0 unspecified atom stereocenters. The van der Waals surface area contributed by atoms with Gasteiger partial charge in [0.25, 0.3) is 0 Å². The molecule has 0 atom stereocenters. The molecule has 0 N–H and O–H groups in total. The molecule has 0 saturated heterocycles. The van der Waals surface area contributed by atoms with Crippen LogP contribution in [0.5, 0.6) is 0 Å². The van der Waals surface area contributed by atoms with Crippen LogP contribution in [0, 0.1) is 0 Å². The molecule has 0 nitrogen and oxygen atoms in total. The van der Waals surface area contributed by atoms with Gasteiger partial charge in [0.05, 0.1) is 0 Å². The molecule has 0 rings (SSSR count). The summed E-state index contributed by atoms with van der Waals surface area (Å²) in [7, 11) is -2.99. The van der Waals surface area contributed by atoms with E-state index in [1.54, 1.807) is 0 Å². The van der Waals surface area contributed by atoms with Crippen LogP contribution in [-0.2, 0) is 0 Å². The van der Waals surface area contributed by atoms with Crippen LogP contribution in [-0.4, -0.2) is 50.0 Å². The van der Waals surface area contributed by atoms with Gasteiger partial charge in [0, 0.05) is 0 Å². The summed E-state index contributed by atoms with van der Waals surface area (Å²) in [5, 5.41) is 0. The van der Waals surface area contributed by atoms with Gasteiger partial charge in [0.2, 0.25) is 0 Å². The van der Waals surface area contributed by atoms with Crippen molar-refractivity contribution in [3.8, 4) is 0 Å². The SMILES string of the molecule is C[Si](C)(C)[C]([Pb])([Si](C)(C)C)[Si](C)(C)C. The summed E-state index contributed by atoms with van der Waals surface area (Å²) in [6, 6.07) is 0. The number of hydrogen-bond donors (Lipinski definition) is 0. The van der Waals surface area contributed by atoms with E-state index in [4.69, 9.17) is 0 Å². The Morgan fingerprint density at radius 2 is 0.714 bits per heavy atom. The van der Waals surface area contributed by atoms with E-state index in [9.17, 15) is 0 Å². The van der Waals surface area contributed by atoms with Crippen molar-refractivity contribution in [2.24, 2.45) is 0 Å². The van der Waals surface area contributed by atoms with Gasteiger partial charge in [0.1, 0.15) is 0 Å². The number of rotatable bonds is 3. The van der Waals surface area contributed by atoms with Gasteiger partial charge in [-0.1, -0.05) is 0 Å². The minimum atomic E-state index is -0.997. The number of hydrogen-bond acceptors (Lipinski definition) is 0. The van der Waals surface area contributed by atoms with Crippen LogP contribution in [0.25, 0.3) is 0 Å². The van der Waals surface area contributed by atoms with Crippen molar-refractivity contribution >= 4 is 50.0 Å². The van der Waals surface area contributed by atoms with E-state index in [-0.39, 0.29) is 0 Å². The minimum absolute atomic E-state index is 0.868. The standard InChI is InChI=1S/C10H27Si3.Pb/c1-11(2,3)10(12(4,5)6)13(7,8)9;/h1-9H3;. The Morgan fingerprint density at radius 3 is 0.714 bits per heavy atom. The zero-order valence-corrected chi connectivity index (χ0v) is 18.4. The van der Waals surface area contributed by atoms with Gasteiger partial charge < -0.3 is 0 Å². The van der Waals surface area contributed by atoms with Gasteiger partial charge in [-0.25, -0.2) is 0 Å². The third-order valence-electron chi connectivity index (χ3n) is 3.38. The Morgan fingerprint density at radius 1 is 0.571 bits per heavy atom. The summed E-state index contributed by atoms with van der Waals surface area (Å²) in [6.07, 6.45) is 0. The molecular weight excluding hydrogens is 412 g/mol. The van der Waals surface area contributed by atoms with E-state index in [1.165, 1.54) is 25.8 Å². The third kappa shape index (κ3) is 2.63. The summed E-state index contributed by atoms with van der Waals surface area (Å²) in [6.45, 7) is 23.5. The van der Waals surface area contributed by atoms with Gasteiger partial charge in [0.15, 0.2) is 0 Å². The fourth-order valence-corrected chi connectivity index (χ4v) is 30.4. The molecule has 0 aromatic rings. The third-order valence-corrected chi connectivity index (χ3v) is 49.9. The quantitative estimate of drug-likeness (QED) is 0.586. The summed E-state index contributed by atoms with van der Waals surface area (Å²) < 4.78 is 0.868. The van der Waals surface area contributed by atoms with E-state index in [2.05, 4.69) is 58.9 Å². The van der Waals surface area contributed by atoms with Crippen LogP contribution >= 0.6 is 0 Å². The molecule has 4 heteroatoms. The van der Waals surface area contributed by atoms with E-state index < -0.39 is 24.2 Å². The van der Waals surface area contributed by atoms with E-state index >= 15 is 0 Å². The summed E-state index contributed by atoms with van der Waals surface area (Å²) in [5.41, 5.74) is 0. The van der Waals surface area contributed by atoms with Crippen molar-refractivity contribution in [2.45, 2.75) is 60.8 Å². The fourth-order valence-electron chi connectivity index (χ4n) is 3.38. The maximum atomic E-state index is 2.61. The molecule has 0 heterocycles. The summed E-state index contributed by atoms with van der Waals surface area (Å²) >= 11 is 1.43. The predicted molar refractivity (Wildman–Crippen MR) is 78.5 cm³/mol. The van der Waals surface area contributed by atoms with Crippen molar-refractivity contribution in [1.82, 2.24) is 0 Å². The van der Waals surface area contributed by atoms with Gasteiger partial charge in [-0.3, -0.25) is 0 Å². The maximum absolute atomic E-state index is 2.61.